The van der Waals surface area contributed by atoms with E-state index in [1.807, 2.05) is 4.90 Å². The lowest BCUT2D eigenvalue weighted by Gasteiger charge is -2.19. The van der Waals surface area contributed by atoms with Gasteiger partial charge in [-0.2, -0.15) is 0 Å². The molecule has 1 aromatic heterocycles. The molecule has 0 saturated carbocycles. The Morgan fingerprint density at radius 1 is 1.50 bits per heavy atom. The van der Waals surface area contributed by atoms with Gasteiger partial charge < -0.3 is 20.0 Å². The molecule has 2 heterocycles. The molecule has 1 saturated heterocycles. The molecule has 1 atom stereocenters. The van der Waals surface area contributed by atoms with Gasteiger partial charge in [0.05, 0.1) is 6.04 Å². The fourth-order valence-corrected chi connectivity index (χ4v) is 1.90. The zero-order valence-corrected chi connectivity index (χ0v) is 10.8. The second-order valence-corrected chi connectivity index (χ2v) is 4.66. The predicted molar refractivity (Wildman–Crippen MR) is 66.0 cm³/mol. The maximum Gasteiger partial charge on any atom is 0.318 e. The number of likely N-dealkylation sites (N-methyl/N-ethyl adjacent to an activating group) is 1. The third-order valence-electron chi connectivity index (χ3n) is 2.98. The number of rotatable bonds is 4. The van der Waals surface area contributed by atoms with E-state index in [0.717, 1.165) is 25.9 Å². The SMILES string of the molecule is CC(N)c1nnc(N(C)CC(=O)N2CCCC2)o1. The van der Waals surface area contributed by atoms with Gasteiger partial charge in [0, 0.05) is 20.1 Å². The molecule has 0 aliphatic carbocycles. The molecule has 7 nitrogen and oxygen atoms in total. The Hall–Kier alpha value is -1.63. The zero-order chi connectivity index (χ0) is 13.1. The molecule has 1 amide bonds. The topological polar surface area (TPSA) is 88.5 Å². The molecule has 100 valence electrons. The highest BCUT2D eigenvalue weighted by Crippen LogP contribution is 2.15. The van der Waals surface area contributed by atoms with Gasteiger partial charge in [-0.3, -0.25) is 4.79 Å². The Labute approximate surface area is 106 Å². The van der Waals surface area contributed by atoms with Crippen molar-refractivity contribution in [3.8, 4) is 0 Å². The smallest absolute Gasteiger partial charge is 0.318 e. The highest BCUT2D eigenvalue weighted by Gasteiger charge is 2.21. The van der Waals surface area contributed by atoms with E-state index in [0.29, 0.717) is 11.9 Å². The number of anilines is 1. The zero-order valence-electron chi connectivity index (χ0n) is 10.8. The molecule has 1 aliphatic heterocycles. The Morgan fingerprint density at radius 3 is 2.72 bits per heavy atom. The highest BCUT2D eigenvalue weighted by atomic mass is 16.4. The Balaban J connectivity index is 1.93. The summed E-state index contributed by atoms with van der Waals surface area (Å²) in [6.07, 6.45) is 2.18. The maximum absolute atomic E-state index is 11.9. The Morgan fingerprint density at radius 2 is 2.17 bits per heavy atom. The minimum Gasteiger partial charge on any atom is -0.406 e. The van der Waals surface area contributed by atoms with Gasteiger partial charge >= 0.3 is 6.01 Å². The van der Waals surface area contributed by atoms with Crippen LogP contribution in [0.4, 0.5) is 6.01 Å². The molecule has 1 unspecified atom stereocenters. The van der Waals surface area contributed by atoms with Crippen LogP contribution in [0.3, 0.4) is 0 Å². The number of hydrogen-bond donors (Lipinski definition) is 1. The van der Waals surface area contributed by atoms with Gasteiger partial charge in [0.15, 0.2) is 0 Å². The van der Waals surface area contributed by atoms with Crippen LogP contribution in [0.2, 0.25) is 0 Å². The number of nitrogens with zero attached hydrogens (tertiary/aromatic N) is 4. The normalized spacial score (nSPS) is 16.9. The lowest BCUT2D eigenvalue weighted by Crippen LogP contribution is -2.37. The fourth-order valence-electron chi connectivity index (χ4n) is 1.90. The molecule has 0 bridgehead atoms. The number of carbonyl (C=O) groups excluding carboxylic acids is 1. The monoisotopic (exact) mass is 253 g/mol. The van der Waals surface area contributed by atoms with Crippen LogP contribution in [-0.2, 0) is 4.79 Å². The molecule has 18 heavy (non-hydrogen) atoms. The number of likely N-dealkylation sites (tertiary alicyclic amines) is 1. The van der Waals surface area contributed by atoms with Crippen LogP contribution < -0.4 is 10.6 Å². The number of carbonyl (C=O) groups is 1. The first-order valence-electron chi connectivity index (χ1n) is 6.16. The van der Waals surface area contributed by atoms with Gasteiger partial charge in [0.2, 0.25) is 11.8 Å². The summed E-state index contributed by atoms with van der Waals surface area (Å²) in [6.45, 7) is 3.72. The summed E-state index contributed by atoms with van der Waals surface area (Å²) >= 11 is 0. The van der Waals surface area contributed by atoms with E-state index in [-0.39, 0.29) is 18.5 Å². The molecule has 2 N–H and O–H groups in total. The first kappa shape index (κ1) is 12.8. The summed E-state index contributed by atoms with van der Waals surface area (Å²) in [4.78, 5) is 15.5. The molecule has 7 heteroatoms. The van der Waals surface area contributed by atoms with E-state index < -0.39 is 0 Å². The third kappa shape index (κ3) is 2.79. The van der Waals surface area contributed by atoms with Crippen LogP contribution >= 0.6 is 0 Å². The summed E-state index contributed by atoms with van der Waals surface area (Å²) in [6, 6.07) is 0.0313. The van der Waals surface area contributed by atoms with Gasteiger partial charge in [-0.05, 0) is 19.8 Å². The van der Waals surface area contributed by atoms with Crippen molar-refractivity contribution in [2.24, 2.45) is 5.73 Å². The first-order valence-corrected chi connectivity index (χ1v) is 6.16. The van der Waals surface area contributed by atoms with E-state index in [9.17, 15) is 4.79 Å². The summed E-state index contributed by atoms with van der Waals surface area (Å²) in [5, 5.41) is 7.71. The Bertz CT molecular complexity index is 411. The maximum atomic E-state index is 11.9. The number of aromatic nitrogens is 2. The van der Waals surface area contributed by atoms with Crippen LogP contribution in [0.15, 0.2) is 4.42 Å². The van der Waals surface area contributed by atoms with Gasteiger partial charge in [-0.1, -0.05) is 5.10 Å². The molecule has 1 aliphatic rings. The van der Waals surface area contributed by atoms with Gasteiger partial charge in [0.25, 0.3) is 0 Å². The largest absolute Gasteiger partial charge is 0.406 e. The number of nitrogens with two attached hydrogens (primary N) is 1. The van der Waals surface area contributed by atoms with Crippen molar-refractivity contribution < 1.29 is 9.21 Å². The molecule has 1 aromatic rings. The lowest BCUT2D eigenvalue weighted by atomic mass is 10.4. The van der Waals surface area contributed by atoms with Crippen molar-refractivity contribution in [1.82, 2.24) is 15.1 Å². The minimum atomic E-state index is -0.297. The van der Waals surface area contributed by atoms with E-state index in [4.69, 9.17) is 10.2 Å². The second kappa shape index (κ2) is 5.34. The molecule has 2 rings (SSSR count). The van der Waals surface area contributed by atoms with E-state index in [1.165, 1.54) is 0 Å². The van der Waals surface area contributed by atoms with Gasteiger partial charge in [-0.25, -0.2) is 0 Å². The quantitative estimate of drug-likeness (QED) is 0.821. The summed E-state index contributed by atoms with van der Waals surface area (Å²) < 4.78 is 5.38. The van der Waals surface area contributed by atoms with Crippen molar-refractivity contribution in [2.45, 2.75) is 25.8 Å². The van der Waals surface area contributed by atoms with Crippen molar-refractivity contribution in [3.05, 3.63) is 5.89 Å². The van der Waals surface area contributed by atoms with Crippen molar-refractivity contribution >= 4 is 11.9 Å². The first-order chi connectivity index (χ1) is 8.58. The molecular weight excluding hydrogens is 234 g/mol. The minimum absolute atomic E-state index is 0.0931. The van der Waals surface area contributed by atoms with Crippen LogP contribution in [0.5, 0.6) is 0 Å². The van der Waals surface area contributed by atoms with Crippen LogP contribution in [0.1, 0.15) is 31.7 Å². The van der Waals surface area contributed by atoms with Gasteiger partial charge in [-0.15, -0.1) is 5.10 Å². The summed E-state index contributed by atoms with van der Waals surface area (Å²) in [5.41, 5.74) is 5.64. The van der Waals surface area contributed by atoms with Crippen molar-refractivity contribution in [2.75, 3.05) is 31.6 Å². The van der Waals surface area contributed by atoms with E-state index in [2.05, 4.69) is 10.2 Å². The number of amides is 1. The van der Waals surface area contributed by atoms with E-state index >= 15 is 0 Å². The standard InChI is InChI=1S/C11H19N5O2/c1-8(12)10-13-14-11(18-10)15(2)7-9(17)16-5-3-4-6-16/h8H,3-7,12H2,1-2H3. The van der Waals surface area contributed by atoms with Crippen LogP contribution in [0, 0.1) is 0 Å². The van der Waals surface area contributed by atoms with Crippen LogP contribution in [0.25, 0.3) is 0 Å². The molecule has 1 fully saturated rings. The molecule has 0 radical (unpaired) electrons. The van der Waals surface area contributed by atoms with Crippen molar-refractivity contribution in [3.63, 3.8) is 0 Å². The molecular formula is C11H19N5O2. The number of hydrogen-bond acceptors (Lipinski definition) is 6. The average Bonchev–Trinajstić information content (AvgIpc) is 3.00. The highest BCUT2D eigenvalue weighted by molar-refractivity contribution is 5.80. The van der Waals surface area contributed by atoms with Crippen molar-refractivity contribution in [1.29, 1.82) is 0 Å². The third-order valence-corrected chi connectivity index (χ3v) is 2.98. The molecule has 0 spiro atoms. The fraction of sp³-hybridized carbons (Fsp3) is 0.727. The van der Waals surface area contributed by atoms with Gasteiger partial charge in [0.1, 0.15) is 6.54 Å². The van der Waals surface area contributed by atoms with Crippen LogP contribution in [-0.4, -0.2) is 47.7 Å². The molecule has 0 aromatic carbocycles. The average molecular weight is 253 g/mol. The predicted octanol–water partition coefficient (Wildman–Crippen LogP) is 0.148. The summed E-state index contributed by atoms with van der Waals surface area (Å²) in [7, 11) is 1.76. The second-order valence-electron chi connectivity index (χ2n) is 4.66. The lowest BCUT2D eigenvalue weighted by molar-refractivity contribution is -0.128. The Kier molecular flexibility index (Phi) is 3.81. The van der Waals surface area contributed by atoms with E-state index in [1.54, 1.807) is 18.9 Å². The summed E-state index contributed by atoms with van der Waals surface area (Å²) in [5.74, 6) is 0.473.